The fourth-order valence-corrected chi connectivity index (χ4v) is 5.75. The predicted octanol–water partition coefficient (Wildman–Crippen LogP) is 5.69. The molecule has 8 heteroatoms. The molecule has 32 heavy (non-hydrogen) atoms. The van der Waals surface area contributed by atoms with E-state index in [1.54, 1.807) is 18.3 Å². The first-order valence-electron chi connectivity index (χ1n) is 10.9. The number of aliphatic carboxylic acids is 1. The van der Waals surface area contributed by atoms with Crippen LogP contribution in [0.1, 0.15) is 56.5 Å². The molecule has 1 aliphatic carbocycles. The van der Waals surface area contributed by atoms with Gasteiger partial charge in [-0.05, 0) is 61.8 Å². The molecule has 4 unspecified atom stereocenters. The van der Waals surface area contributed by atoms with Crippen LogP contribution in [0, 0.1) is 18.3 Å². The Morgan fingerprint density at radius 3 is 2.72 bits per heavy atom. The van der Waals surface area contributed by atoms with Gasteiger partial charge in [-0.15, -0.1) is 11.3 Å². The van der Waals surface area contributed by atoms with Crippen molar-refractivity contribution in [2.24, 2.45) is 21.3 Å². The number of halogens is 1. The second kappa shape index (κ2) is 8.73. The fourth-order valence-electron chi connectivity index (χ4n) is 4.71. The van der Waals surface area contributed by atoms with E-state index in [1.165, 1.54) is 6.21 Å². The first-order valence-corrected chi connectivity index (χ1v) is 11.7. The van der Waals surface area contributed by atoms with Crippen LogP contribution in [0.3, 0.4) is 0 Å². The summed E-state index contributed by atoms with van der Waals surface area (Å²) in [5, 5.41) is 13.9. The Bertz CT molecular complexity index is 1080. The smallest absolute Gasteiger partial charge is 0.307 e. The number of carbonyl (C=O) groups is 1. The maximum Gasteiger partial charge on any atom is 0.307 e. The number of aliphatic imine (C=N–C) groups is 2. The van der Waals surface area contributed by atoms with Crippen LogP contribution >= 0.6 is 11.3 Å². The van der Waals surface area contributed by atoms with Crippen molar-refractivity contribution in [3.63, 3.8) is 0 Å². The summed E-state index contributed by atoms with van der Waals surface area (Å²) >= 11 is 1.67. The van der Waals surface area contributed by atoms with E-state index >= 15 is 0 Å². The first-order chi connectivity index (χ1) is 15.1. The molecule has 0 amide bonds. The predicted molar refractivity (Wildman–Crippen MR) is 128 cm³/mol. The lowest BCUT2D eigenvalue weighted by atomic mass is 9.65. The third-order valence-electron chi connectivity index (χ3n) is 6.43. The zero-order valence-electron chi connectivity index (χ0n) is 18.8. The summed E-state index contributed by atoms with van der Waals surface area (Å²) in [6, 6.07) is 6.17. The van der Waals surface area contributed by atoms with Gasteiger partial charge in [0.25, 0.3) is 0 Å². The minimum atomic E-state index is -1.22. The van der Waals surface area contributed by atoms with E-state index in [2.05, 4.69) is 21.4 Å². The molecule has 1 aromatic carbocycles. The van der Waals surface area contributed by atoms with E-state index in [1.807, 2.05) is 39.1 Å². The number of hydrogen-bond acceptors (Lipinski definition) is 6. The topological polar surface area (TPSA) is 86.9 Å². The molecule has 2 aliphatic rings. The van der Waals surface area contributed by atoms with E-state index in [0.717, 1.165) is 39.5 Å². The van der Waals surface area contributed by atoms with Gasteiger partial charge in [0, 0.05) is 24.0 Å². The summed E-state index contributed by atoms with van der Waals surface area (Å²) < 4.78 is 13.6. The highest BCUT2D eigenvalue weighted by Gasteiger charge is 2.42. The zero-order chi connectivity index (χ0) is 23.0. The van der Waals surface area contributed by atoms with Crippen molar-refractivity contribution in [1.29, 1.82) is 0 Å². The summed E-state index contributed by atoms with van der Waals surface area (Å²) in [5.41, 5.74) is 3.18. The van der Waals surface area contributed by atoms with Gasteiger partial charge in [0.1, 0.15) is 0 Å². The molecule has 0 radical (unpaired) electrons. The number of nitrogens with one attached hydrogen (secondary N) is 1. The molecule has 0 saturated heterocycles. The first kappa shape index (κ1) is 22.6. The minimum Gasteiger partial charge on any atom is -0.481 e. The Morgan fingerprint density at radius 2 is 2.03 bits per heavy atom. The van der Waals surface area contributed by atoms with Crippen LogP contribution in [0.5, 0.6) is 0 Å². The number of nitrogens with zero attached hydrogens (tertiary/aromatic N) is 3. The van der Waals surface area contributed by atoms with Crippen molar-refractivity contribution in [3.05, 3.63) is 35.0 Å². The standard InChI is InChI=1S/C24H29FN4O2S/c1-13-7-16(9-17(8-13)29-23-27-11-19(25)14(2)28-23)20-12-26-21(32-20)15-5-6-18(22(30)31)24(3,4)10-15/h7-9,11-12,15,18-19,23,29H,5-6,10H2,1-4H3,(H,30,31). The normalized spacial score (nSPS) is 27.1. The van der Waals surface area contributed by atoms with E-state index in [9.17, 15) is 14.3 Å². The molecule has 1 fully saturated rings. The van der Waals surface area contributed by atoms with Crippen molar-refractivity contribution in [1.82, 2.24) is 4.98 Å². The van der Waals surface area contributed by atoms with Crippen LogP contribution in [0.4, 0.5) is 10.1 Å². The third kappa shape index (κ3) is 4.75. The van der Waals surface area contributed by atoms with Gasteiger partial charge in [0.15, 0.2) is 6.17 Å². The molecule has 0 spiro atoms. The highest BCUT2D eigenvalue weighted by atomic mass is 32.1. The van der Waals surface area contributed by atoms with Crippen molar-refractivity contribution >= 4 is 34.9 Å². The maximum absolute atomic E-state index is 13.6. The average Bonchev–Trinajstić information content (AvgIpc) is 3.19. The molecular formula is C24H29FN4O2S. The van der Waals surface area contributed by atoms with Crippen LogP contribution in [-0.2, 0) is 4.79 Å². The SMILES string of the molecule is CC1=NC(Nc2cc(C)cc(-c3cnc(C4CCC(C(=O)O)C(C)(C)C4)s3)c2)N=CC1F. The minimum absolute atomic E-state index is 0.251. The number of anilines is 1. The lowest BCUT2D eigenvalue weighted by molar-refractivity contribution is -0.147. The highest BCUT2D eigenvalue weighted by Crippen LogP contribution is 2.48. The van der Waals surface area contributed by atoms with Crippen LogP contribution in [-0.4, -0.2) is 40.4 Å². The van der Waals surface area contributed by atoms with E-state index < -0.39 is 18.4 Å². The number of aromatic nitrogens is 1. The molecule has 6 nitrogen and oxygen atoms in total. The number of hydrogen-bond donors (Lipinski definition) is 2. The molecule has 1 saturated carbocycles. The lowest BCUT2D eigenvalue weighted by Gasteiger charge is -2.39. The summed E-state index contributed by atoms with van der Waals surface area (Å²) in [7, 11) is 0. The monoisotopic (exact) mass is 456 g/mol. The summed E-state index contributed by atoms with van der Waals surface area (Å²) in [5.74, 6) is -0.716. The average molecular weight is 457 g/mol. The number of benzene rings is 1. The van der Waals surface area contributed by atoms with Crippen LogP contribution < -0.4 is 5.32 Å². The van der Waals surface area contributed by atoms with Crippen LogP contribution in [0.15, 0.2) is 34.4 Å². The molecule has 4 rings (SSSR count). The van der Waals surface area contributed by atoms with Crippen LogP contribution in [0.25, 0.3) is 10.4 Å². The molecule has 1 aromatic heterocycles. The molecular weight excluding hydrogens is 427 g/mol. The molecule has 4 atom stereocenters. The molecule has 1 aliphatic heterocycles. The van der Waals surface area contributed by atoms with Gasteiger partial charge in [0.2, 0.25) is 6.29 Å². The summed E-state index contributed by atoms with van der Waals surface area (Å²) in [6.07, 6.45) is 3.80. The summed E-state index contributed by atoms with van der Waals surface area (Å²) in [4.78, 5) is 25.8. The Balaban J connectivity index is 1.52. The fraction of sp³-hybridized carbons (Fsp3) is 0.500. The Kier molecular flexibility index (Phi) is 6.16. The molecule has 2 aromatic rings. The number of thiazole rings is 1. The molecule has 0 bridgehead atoms. The quantitative estimate of drug-likeness (QED) is 0.605. The Labute approximate surface area is 191 Å². The van der Waals surface area contributed by atoms with Gasteiger partial charge in [-0.1, -0.05) is 19.9 Å². The zero-order valence-corrected chi connectivity index (χ0v) is 19.6. The third-order valence-corrected chi connectivity index (χ3v) is 7.64. The van der Waals surface area contributed by atoms with E-state index in [4.69, 9.17) is 4.98 Å². The van der Waals surface area contributed by atoms with Gasteiger partial charge in [-0.25, -0.2) is 19.4 Å². The Morgan fingerprint density at radius 1 is 1.25 bits per heavy atom. The van der Waals surface area contributed by atoms with Crippen molar-refractivity contribution in [3.8, 4) is 10.4 Å². The van der Waals surface area contributed by atoms with Gasteiger partial charge >= 0.3 is 5.97 Å². The van der Waals surface area contributed by atoms with E-state index in [0.29, 0.717) is 12.1 Å². The molecule has 2 heterocycles. The number of aryl methyl sites for hydroxylation is 1. The molecule has 2 N–H and O–H groups in total. The van der Waals surface area contributed by atoms with Gasteiger partial charge in [-0.2, -0.15) is 0 Å². The maximum atomic E-state index is 13.6. The second-order valence-corrected chi connectivity index (χ2v) is 10.6. The second-order valence-electron chi connectivity index (χ2n) is 9.50. The van der Waals surface area contributed by atoms with Gasteiger partial charge in [-0.3, -0.25) is 4.79 Å². The van der Waals surface area contributed by atoms with Gasteiger partial charge < -0.3 is 10.4 Å². The highest BCUT2D eigenvalue weighted by molar-refractivity contribution is 7.15. The number of alkyl halides is 1. The van der Waals surface area contributed by atoms with E-state index in [-0.39, 0.29) is 17.3 Å². The van der Waals surface area contributed by atoms with Crippen molar-refractivity contribution < 1.29 is 14.3 Å². The van der Waals surface area contributed by atoms with Crippen molar-refractivity contribution in [2.45, 2.75) is 65.3 Å². The van der Waals surface area contributed by atoms with Gasteiger partial charge in [0.05, 0.1) is 21.5 Å². The van der Waals surface area contributed by atoms with Crippen LogP contribution in [0.2, 0.25) is 0 Å². The number of carboxylic acid groups (broad SMARTS) is 1. The summed E-state index contributed by atoms with van der Waals surface area (Å²) in [6.45, 7) is 7.79. The molecule has 170 valence electrons. The number of rotatable bonds is 5. The van der Waals surface area contributed by atoms with Crippen molar-refractivity contribution in [2.75, 3.05) is 5.32 Å². The largest absolute Gasteiger partial charge is 0.481 e. The Hall–Kier alpha value is -2.61. The lowest BCUT2D eigenvalue weighted by Crippen LogP contribution is -2.36. The number of carboxylic acids is 1.